The second kappa shape index (κ2) is 4.65. The van der Waals surface area contributed by atoms with Crippen LogP contribution in [0.2, 0.25) is 0 Å². The van der Waals surface area contributed by atoms with Crippen LogP contribution in [0, 0.1) is 11.8 Å². The zero-order valence-electron chi connectivity index (χ0n) is 11.3. The maximum Gasteiger partial charge on any atom is 0.153 e. The quantitative estimate of drug-likeness (QED) is 0.772. The van der Waals surface area contributed by atoms with Gasteiger partial charge in [0.25, 0.3) is 0 Å². The average Bonchev–Trinajstić information content (AvgIpc) is 2.77. The van der Waals surface area contributed by atoms with Crippen LogP contribution in [0.4, 0.5) is 5.82 Å². The summed E-state index contributed by atoms with van der Waals surface area (Å²) in [6.07, 6.45) is 0.919. The van der Waals surface area contributed by atoms with Gasteiger partial charge in [-0.2, -0.15) is 0 Å². The Balaban J connectivity index is 2.09. The van der Waals surface area contributed by atoms with Gasteiger partial charge < -0.3 is 4.90 Å². The third kappa shape index (κ3) is 2.09. The highest BCUT2D eigenvalue weighted by atomic mass is 16.1. The number of pyridine rings is 1. The van der Waals surface area contributed by atoms with Gasteiger partial charge in [0.15, 0.2) is 6.29 Å². The molecule has 2 unspecified atom stereocenters. The number of rotatable bonds is 2. The molecular weight excluding hydrogens is 236 g/mol. The first-order valence-electron chi connectivity index (χ1n) is 6.79. The molecule has 0 aliphatic carbocycles. The second-order valence-corrected chi connectivity index (χ2v) is 5.57. The number of benzene rings is 1. The minimum absolute atomic E-state index is 0.646. The second-order valence-electron chi connectivity index (χ2n) is 5.57. The van der Waals surface area contributed by atoms with Gasteiger partial charge in [0.1, 0.15) is 5.82 Å². The van der Waals surface area contributed by atoms with E-state index in [2.05, 4.69) is 18.7 Å². The largest absolute Gasteiger partial charge is 0.355 e. The van der Waals surface area contributed by atoms with E-state index < -0.39 is 0 Å². The molecule has 3 nitrogen and oxygen atoms in total. The fourth-order valence-electron chi connectivity index (χ4n) is 2.76. The highest BCUT2D eigenvalue weighted by Crippen LogP contribution is 2.30. The summed E-state index contributed by atoms with van der Waals surface area (Å²) in [5.41, 5.74) is 1.65. The molecule has 3 rings (SSSR count). The lowest BCUT2D eigenvalue weighted by Crippen LogP contribution is -2.22. The third-order valence-corrected chi connectivity index (χ3v) is 4.15. The molecule has 0 radical (unpaired) electrons. The van der Waals surface area contributed by atoms with Crippen molar-refractivity contribution in [3.8, 4) is 0 Å². The van der Waals surface area contributed by atoms with Crippen LogP contribution in [-0.4, -0.2) is 24.4 Å². The number of hydrogen-bond donors (Lipinski definition) is 0. The molecule has 0 N–H and O–H groups in total. The van der Waals surface area contributed by atoms with E-state index in [1.165, 1.54) is 0 Å². The number of carbonyl (C=O) groups is 1. The van der Waals surface area contributed by atoms with Crippen LogP contribution in [-0.2, 0) is 0 Å². The molecule has 2 aromatic rings. The Bertz CT molecular complexity index is 613. The van der Waals surface area contributed by atoms with Crippen molar-refractivity contribution in [1.82, 2.24) is 4.98 Å². The summed E-state index contributed by atoms with van der Waals surface area (Å²) in [6, 6.07) is 9.89. The molecule has 1 fully saturated rings. The molecule has 3 heteroatoms. The number of aldehydes is 1. The van der Waals surface area contributed by atoms with Crippen LogP contribution in [0.3, 0.4) is 0 Å². The highest BCUT2D eigenvalue weighted by molar-refractivity contribution is 5.91. The summed E-state index contributed by atoms with van der Waals surface area (Å²) >= 11 is 0. The number of nitrogens with zero attached hydrogens (tertiary/aromatic N) is 2. The number of para-hydroxylation sites is 1. The van der Waals surface area contributed by atoms with Gasteiger partial charge in [-0.05, 0) is 24.0 Å². The molecule has 0 saturated carbocycles. The molecule has 0 amide bonds. The predicted molar refractivity (Wildman–Crippen MR) is 77.7 cm³/mol. The minimum atomic E-state index is 0.646. The lowest BCUT2D eigenvalue weighted by atomic mass is 10.0. The summed E-state index contributed by atoms with van der Waals surface area (Å²) in [5, 5.41) is 1.02. The van der Waals surface area contributed by atoms with Crippen LogP contribution >= 0.6 is 0 Å². The van der Waals surface area contributed by atoms with E-state index in [1.54, 1.807) is 0 Å². The highest BCUT2D eigenvalue weighted by Gasteiger charge is 2.28. The fraction of sp³-hybridized carbons (Fsp3) is 0.375. The van der Waals surface area contributed by atoms with Crippen LogP contribution in [0.1, 0.15) is 24.2 Å². The maximum absolute atomic E-state index is 11.3. The van der Waals surface area contributed by atoms with Crippen LogP contribution in [0.25, 0.3) is 10.9 Å². The number of aromatic nitrogens is 1. The minimum Gasteiger partial charge on any atom is -0.355 e. The van der Waals surface area contributed by atoms with Crippen LogP contribution < -0.4 is 4.90 Å². The summed E-state index contributed by atoms with van der Waals surface area (Å²) in [7, 11) is 0. The summed E-state index contributed by atoms with van der Waals surface area (Å²) in [6.45, 7) is 6.47. The molecule has 0 bridgehead atoms. The molecule has 19 heavy (non-hydrogen) atoms. The SMILES string of the molecule is CC1CN(c2nc3ccccc3cc2C=O)CC1C. The molecule has 2 atom stereocenters. The van der Waals surface area contributed by atoms with Crippen molar-refractivity contribution in [2.45, 2.75) is 13.8 Å². The Labute approximate surface area is 113 Å². The molecule has 1 aliphatic heterocycles. The summed E-state index contributed by atoms with van der Waals surface area (Å²) in [5.74, 6) is 2.13. The Morgan fingerprint density at radius 2 is 1.89 bits per heavy atom. The van der Waals surface area contributed by atoms with Gasteiger partial charge in [0, 0.05) is 18.5 Å². The zero-order valence-corrected chi connectivity index (χ0v) is 11.3. The number of carbonyl (C=O) groups excluding carboxylic acids is 1. The van der Waals surface area contributed by atoms with Gasteiger partial charge in [-0.15, -0.1) is 0 Å². The van der Waals surface area contributed by atoms with E-state index in [-0.39, 0.29) is 0 Å². The fourth-order valence-corrected chi connectivity index (χ4v) is 2.76. The standard InChI is InChI=1S/C16H18N2O/c1-11-8-18(9-12(11)2)16-14(10-19)7-13-5-3-4-6-15(13)17-16/h3-7,10-12H,8-9H2,1-2H3. The van der Waals surface area contributed by atoms with Crippen molar-refractivity contribution in [1.29, 1.82) is 0 Å². The van der Waals surface area contributed by atoms with E-state index in [4.69, 9.17) is 4.98 Å². The number of anilines is 1. The van der Waals surface area contributed by atoms with E-state index in [9.17, 15) is 4.79 Å². The lowest BCUT2D eigenvalue weighted by Gasteiger charge is -2.19. The molecule has 1 aliphatic rings. The van der Waals surface area contributed by atoms with Crippen molar-refractivity contribution in [3.05, 3.63) is 35.9 Å². The Kier molecular flexibility index (Phi) is 2.97. The van der Waals surface area contributed by atoms with Gasteiger partial charge in [0.2, 0.25) is 0 Å². The first kappa shape index (κ1) is 12.2. The monoisotopic (exact) mass is 254 g/mol. The third-order valence-electron chi connectivity index (χ3n) is 4.15. The van der Waals surface area contributed by atoms with Gasteiger partial charge >= 0.3 is 0 Å². The van der Waals surface area contributed by atoms with Gasteiger partial charge in [0.05, 0.1) is 11.1 Å². The molecule has 2 heterocycles. The Morgan fingerprint density at radius 3 is 2.58 bits per heavy atom. The Morgan fingerprint density at radius 1 is 1.21 bits per heavy atom. The molecular formula is C16H18N2O. The van der Waals surface area contributed by atoms with Crippen LogP contribution in [0.5, 0.6) is 0 Å². The van der Waals surface area contributed by atoms with Gasteiger partial charge in [-0.3, -0.25) is 4.79 Å². The van der Waals surface area contributed by atoms with Crippen molar-refractivity contribution in [2.75, 3.05) is 18.0 Å². The normalized spacial score (nSPS) is 22.9. The average molecular weight is 254 g/mol. The number of fused-ring (bicyclic) bond motifs is 1. The first-order chi connectivity index (χ1) is 9.19. The molecule has 0 spiro atoms. The van der Waals surface area contributed by atoms with Crippen molar-refractivity contribution in [2.24, 2.45) is 11.8 Å². The summed E-state index contributed by atoms with van der Waals surface area (Å²) < 4.78 is 0. The van der Waals surface area contributed by atoms with Gasteiger partial charge in [-0.1, -0.05) is 32.0 Å². The predicted octanol–water partition coefficient (Wildman–Crippen LogP) is 3.14. The topological polar surface area (TPSA) is 33.2 Å². The smallest absolute Gasteiger partial charge is 0.153 e. The molecule has 1 aromatic heterocycles. The Hall–Kier alpha value is -1.90. The maximum atomic E-state index is 11.3. The zero-order chi connectivity index (χ0) is 13.4. The van der Waals surface area contributed by atoms with E-state index in [0.717, 1.165) is 36.1 Å². The summed E-state index contributed by atoms with van der Waals surface area (Å²) in [4.78, 5) is 18.3. The van der Waals surface area contributed by atoms with Crippen molar-refractivity contribution >= 4 is 23.0 Å². The molecule has 1 aromatic carbocycles. The van der Waals surface area contributed by atoms with E-state index in [0.29, 0.717) is 17.4 Å². The number of hydrogen-bond acceptors (Lipinski definition) is 3. The van der Waals surface area contributed by atoms with Crippen molar-refractivity contribution in [3.63, 3.8) is 0 Å². The van der Waals surface area contributed by atoms with E-state index >= 15 is 0 Å². The first-order valence-corrected chi connectivity index (χ1v) is 6.79. The lowest BCUT2D eigenvalue weighted by molar-refractivity contribution is 0.112. The molecule has 1 saturated heterocycles. The van der Waals surface area contributed by atoms with Crippen LogP contribution in [0.15, 0.2) is 30.3 Å². The van der Waals surface area contributed by atoms with Gasteiger partial charge in [-0.25, -0.2) is 4.98 Å². The van der Waals surface area contributed by atoms with E-state index in [1.807, 2.05) is 30.3 Å². The molecule has 98 valence electrons. The van der Waals surface area contributed by atoms with Crippen molar-refractivity contribution < 1.29 is 4.79 Å².